The SMILES string of the molecule is CC1CCC1.CNc1ncc2c(-c3cnc4nccn4c3)ccn2n1. The van der Waals surface area contributed by atoms with Crippen molar-refractivity contribution in [1.82, 2.24) is 29.0 Å². The molecule has 0 aromatic carbocycles. The fourth-order valence-electron chi connectivity index (χ4n) is 2.83. The second-order valence-electron chi connectivity index (χ2n) is 6.40. The quantitative estimate of drug-likeness (QED) is 0.608. The van der Waals surface area contributed by atoms with Crippen LogP contribution in [0, 0.1) is 5.92 Å². The van der Waals surface area contributed by atoms with Gasteiger partial charge in [-0.15, -0.1) is 5.10 Å². The molecule has 0 amide bonds. The molecule has 0 aliphatic heterocycles. The third kappa shape index (κ3) is 3.05. The first kappa shape index (κ1) is 15.6. The summed E-state index contributed by atoms with van der Waals surface area (Å²) in [5.41, 5.74) is 2.97. The minimum absolute atomic E-state index is 0.586. The van der Waals surface area contributed by atoms with E-state index in [1.54, 1.807) is 24.0 Å². The van der Waals surface area contributed by atoms with Gasteiger partial charge in [-0.05, 0) is 12.0 Å². The molecule has 7 nitrogen and oxygen atoms in total. The van der Waals surface area contributed by atoms with Crippen LogP contribution in [0.4, 0.5) is 5.95 Å². The summed E-state index contributed by atoms with van der Waals surface area (Å²) in [5, 5.41) is 7.27. The van der Waals surface area contributed by atoms with Crippen LogP contribution >= 0.6 is 0 Å². The highest BCUT2D eigenvalue weighted by atomic mass is 15.3. The maximum absolute atomic E-state index is 4.35. The van der Waals surface area contributed by atoms with E-state index in [1.807, 2.05) is 35.3 Å². The predicted molar refractivity (Wildman–Crippen MR) is 97.5 cm³/mol. The number of nitrogens with zero attached hydrogens (tertiary/aromatic N) is 6. The second kappa shape index (κ2) is 6.51. The maximum atomic E-state index is 4.35. The van der Waals surface area contributed by atoms with Gasteiger partial charge in [0.05, 0.1) is 11.7 Å². The number of aromatic nitrogens is 6. The summed E-state index contributed by atoms with van der Waals surface area (Å²) in [6, 6.07) is 2.00. The first-order valence-corrected chi connectivity index (χ1v) is 8.56. The number of imidazole rings is 1. The van der Waals surface area contributed by atoms with E-state index in [1.165, 1.54) is 19.3 Å². The van der Waals surface area contributed by atoms with Crippen molar-refractivity contribution in [2.45, 2.75) is 26.2 Å². The van der Waals surface area contributed by atoms with E-state index in [4.69, 9.17) is 0 Å². The third-order valence-electron chi connectivity index (χ3n) is 4.59. The van der Waals surface area contributed by atoms with Crippen molar-refractivity contribution >= 4 is 17.2 Å². The van der Waals surface area contributed by atoms with Crippen molar-refractivity contribution in [2.75, 3.05) is 12.4 Å². The Bertz CT molecular complexity index is 997. The molecule has 0 bridgehead atoms. The molecular formula is C18H21N7. The largest absolute Gasteiger partial charge is 0.356 e. The molecule has 4 aromatic rings. The zero-order valence-corrected chi connectivity index (χ0v) is 14.4. The summed E-state index contributed by atoms with van der Waals surface area (Å²) in [6.07, 6.45) is 15.6. The highest BCUT2D eigenvalue weighted by Gasteiger charge is 2.09. The lowest BCUT2D eigenvalue weighted by molar-refractivity contribution is 0.346. The van der Waals surface area contributed by atoms with Crippen molar-refractivity contribution in [3.05, 3.63) is 43.2 Å². The summed E-state index contributed by atoms with van der Waals surface area (Å²) < 4.78 is 3.69. The van der Waals surface area contributed by atoms with Gasteiger partial charge in [0.2, 0.25) is 11.7 Å². The Kier molecular flexibility index (Phi) is 4.05. The average Bonchev–Trinajstić information content (AvgIpc) is 3.25. The van der Waals surface area contributed by atoms with Crippen molar-refractivity contribution in [1.29, 1.82) is 0 Å². The van der Waals surface area contributed by atoms with Gasteiger partial charge in [-0.1, -0.05) is 26.2 Å². The highest BCUT2D eigenvalue weighted by Crippen LogP contribution is 2.25. The molecule has 7 heteroatoms. The molecule has 4 aromatic heterocycles. The molecule has 0 spiro atoms. The standard InChI is InChI=1S/C13H11N7.C5H10/c1-14-12-16-7-11-10(2-4-20(11)18-12)9-6-17-13-15-3-5-19(13)8-9;1-5-3-2-4-5/h2-8H,1H3,(H,14,18);5H,2-4H2,1H3. The molecule has 1 N–H and O–H groups in total. The van der Waals surface area contributed by atoms with Crippen LogP contribution in [0.1, 0.15) is 26.2 Å². The lowest BCUT2D eigenvalue weighted by atomic mass is 9.88. The summed E-state index contributed by atoms with van der Waals surface area (Å²) >= 11 is 0. The van der Waals surface area contributed by atoms with Crippen LogP contribution in [0.15, 0.2) is 43.2 Å². The zero-order chi connectivity index (χ0) is 17.2. The Morgan fingerprint density at radius 1 is 1.12 bits per heavy atom. The van der Waals surface area contributed by atoms with E-state index in [0.29, 0.717) is 11.7 Å². The number of hydrogen-bond donors (Lipinski definition) is 1. The van der Waals surface area contributed by atoms with E-state index < -0.39 is 0 Å². The van der Waals surface area contributed by atoms with Crippen LogP contribution in [0.3, 0.4) is 0 Å². The minimum atomic E-state index is 0.586. The van der Waals surface area contributed by atoms with E-state index in [9.17, 15) is 0 Å². The molecule has 0 unspecified atom stereocenters. The third-order valence-corrected chi connectivity index (χ3v) is 4.59. The molecule has 1 saturated carbocycles. The minimum Gasteiger partial charge on any atom is -0.356 e. The number of rotatable bonds is 2. The van der Waals surface area contributed by atoms with E-state index in [0.717, 1.165) is 22.6 Å². The van der Waals surface area contributed by atoms with Crippen molar-refractivity contribution in [2.24, 2.45) is 5.92 Å². The number of fused-ring (bicyclic) bond motifs is 2. The Labute approximate surface area is 145 Å². The predicted octanol–water partition coefficient (Wildman–Crippen LogP) is 3.29. The molecule has 25 heavy (non-hydrogen) atoms. The number of hydrogen-bond acceptors (Lipinski definition) is 5. The Morgan fingerprint density at radius 3 is 2.68 bits per heavy atom. The molecular weight excluding hydrogens is 314 g/mol. The van der Waals surface area contributed by atoms with Crippen molar-refractivity contribution in [3.8, 4) is 11.1 Å². The van der Waals surface area contributed by atoms with E-state index >= 15 is 0 Å². The lowest BCUT2D eigenvalue weighted by Gasteiger charge is -2.18. The Hall–Kier alpha value is -2.96. The first-order valence-electron chi connectivity index (χ1n) is 8.56. The van der Waals surface area contributed by atoms with Gasteiger partial charge in [-0.2, -0.15) is 0 Å². The molecule has 0 saturated heterocycles. The van der Waals surface area contributed by atoms with Gasteiger partial charge in [0.25, 0.3) is 0 Å². The van der Waals surface area contributed by atoms with Crippen LogP contribution in [-0.4, -0.2) is 36.0 Å². The van der Waals surface area contributed by atoms with Gasteiger partial charge >= 0.3 is 0 Å². The maximum Gasteiger partial charge on any atom is 0.240 e. The van der Waals surface area contributed by atoms with Gasteiger partial charge in [-0.3, -0.25) is 4.40 Å². The van der Waals surface area contributed by atoms with Crippen molar-refractivity contribution in [3.63, 3.8) is 0 Å². The summed E-state index contributed by atoms with van der Waals surface area (Å²) in [7, 11) is 1.79. The fraction of sp³-hybridized carbons (Fsp3) is 0.333. The van der Waals surface area contributed by atoms with Crippen molar-refractivity contribution < 1.29 is 0 Å². The molecule has 128 valence electrons. The van der Waals surface area contributed by atoms with Crippen LogP contribution < -0.4 is 5.32 Å². The molecule has 0 radical (unpaired) electrons. The first-order chi connectivity index (χ1) is 12.2. The van der Waals surface area contributed by atoms with Gasteiger partial charge in [0.15, 0.2) is 0 Å². The van der Waals surface area contributed by atoms with Gasteiger partial charge < -0.3 is 5.32 Å². The monoisotopic (exact) mass is 335 g/mol. The molecule has 4 heterocycles. The lowest BCUT2D eigenvalue weighted by Crippen LogP contribution is -2.04. The Balaban J connectivity index is 0.000000272. The summed E-state index contributed by atoms with van der Waals surface area (Å²) in [6.45, 7) is 2.31. The molecule has 1 fully saturated rings. The zero-order valence-electron chi connectivity index (χ0n) is 14.4. The topological polar surface area (TPSA) is 72.4 Å². The van der Waals surface area contributed by atoms with Gasteiger partial charge in [-0.25, -0.2) is 19.5 Å². The normalized spacial score (nSPS) is 14.2. The summed E-state index contributed by atoms with van der Waals surface area (Å²) in [4.78, 5) is 12.7. The molecule has 5 rings (SSSR count). The summed E-state index contributed by atoms with van der Waals surface area (Å²) in [5.74, 6) is 2.34. The molecule has 1 aliphatic rings. The average molecular weight is 335 g/mol. The van der Waals surface area contributed by atoms with Crippen LogP contribution in [0.2, 0.25) is 0 Å². The van der Waals surface area contributed by atoms with Crippen LogP contribution in [-0.2, 0) is 0 Å². The Morgan fingerprint density at radius 2 is 1.96 bits per heavy atom. The number of nitrogens with one attached hydrogen (secondary N) is 1. The smallest absolute Gasteiger partial charge is 0.240 e. The van der Waals surface area contributed by atoms with Crippen LogP contribution in [0.5, 0.6) is 0 Å². The van der Waals surface area contributed by atoms with Gasteiger partial charge in [0, 0.05) is 49.2 Å². The fourth-order valence-corrected chi connectivity index (χ4v) is 2.83. The van der Waals surface area contributed by atoms with Crippen LogP contribution in [0.25, 0.3) is 22.4 Å². The molecule has 0 atom stereocenters. The second-order valence-corrected chi connectivity index (χ2v) is 6.40. The molecule has 1 aliphatic carbocycles. The number of anilines is 1. The van der Waals surface area contributed by atoms with E-state index in [-0.39, 0.29) is 0 Å². The van der Waals surface area contributed by atoms with E-state index in [2.05, 4.69) is 32.3 Å². The van der Waals surface area contributed by atoms with Gasteiger partial charge in [0.1, 0.15) is 0 Å². The highest BCUT2D eigenvalue weighted by molar-refractivity contribution is 5.79.